The van der Waals surface area contributed by atoms with Gasteiger partial charge in [0.2, 0.25) is 5.91 Å². The zero-order valence-electron chi connectivity index (χ0n) is 29.5. The quantitative estimate of drug-likeness (QED) is 0.0568. The molecule has 0 bridgehead atoms. The van der Waals surface area contributed by atoms with Crippen LogP contribution in [0.3, 0.4) is 0 Å². The maximum atomic E-state index is 14.2. The van der Waals surface area contributed by atoms with Gasteiger partial charge in [-0.3, -0.25) is 18.7 Å². The molecule has 1 heterocycles. The summed E-state index contributed by atoms with van der Waals surface area (Å²) in [7, 11) is -8.01. The molecule has 4 rings (SSSR count). The molecule has 51 heavy (non-hydrogen) atoms. The molecule has 0 aliphatic carbocycles. The molecule has 3 unspecified atom stereocenters. The summed E-state index contributed by atoms with van der Waals surface area (Å²) in [5, 5.41) is 5.01. The second kappa shape index (κ2) is 18.4. The number of nitrogens with zero attached hydrogens (tertiary/aromatic N) is 1. The van der Waals surface area contributed by atoms with Crippen LogP contribution in [-0.2, 0) is 33.3 Å². The summed E-state index contributed by atoms with van der Waals surface area (Å²) in [4.78, 5) is 39.5. The SMILES string of the molecule is CCCCC1(CC)CN(c2ccccc2)c2cc(SC)c(OCC(=O)NC(C(=O)NCP(=O)(O)OCOCC)c3ccccc3)cc2S(=O)(=O)C1. The number of sulfone groups is 1. The van der Waals surface area contributed by atoms with Gasteiger partial charge in [0.25, 0.3) is 5.91 Å². The average molecular weight is 762 g/mol. The topological polar surface area (TPSA) is 161 Å². The fraction of sp³-hybridized carbons (Fsp3) is 0.444. The van der Waals surface area contributed by atoms with Crippen LogP contribution in [0.15, 0.2) is 82.6 Å². The van der Waals surface area contributed by atoms with Crippen molar-refractivity contribution in [2.75, 3.05) is 49.7 Å². The minimum Gasteiger partial charge on any atom is -0.483 e. The molecule has 1 aliphatic heterocycles. The molecule has 12 nitrogen and oxygen atoms in total. The van der Waals surface area contributed by atoms with Crippen LogP contribution < -0.4 is 20.3 Å². The molecule has 0 saturated carbocycles. The molecular weight excluding hydrogens is 714 g/mol. The standard InChI is InChI=1S/C36H48N3O9PS2/c1-5-8-19-36(6-2)23-39(28-17-13-10-14-18-28)29-20-31(50-4)30(21-32(29)51(44,45)24-36)47-22-33(40)38-34(27-15-11-9-12-16-27)35(41)37-25-49(42,43)48-26-46-7-3/h9-18,20-21,34H,5-8,19,22-26H2,1-4H3,(H,37,41)(H,38,40)(H,42,43). The minimum atomic E-state index is -4.22. The van der Waals surface area contributed by atoms with Gasteiger partial charge in [-0.1, -0.05) is 75.2 Å². The van der Waals surface area contributed by atoms with E-state index in [4.69, 9.17) is 14.0 Å². The first-order chi connectivity index (χ1) is 24.4. The summed E-state index contributed by atoms with van der Waals surface area (Å²) >= 11 is 1.36. The van der Waals surface area contributed by atoms with E-state index < -0.39 is 60.4 Å². The van der Waals surface area contributed by atoms with E-state index in [1.54, 1.807) is 37.3 Å². The number of rotatable bonds is 18. The van der Waals surface area contributed by atoms with Gasteiger partial charge < -0.3 is 29.9 Å². The van der Waals surface area contributed by atoms with Gasteiger partial charge in [0.05, 0.1) is 21.2 Å². The normalized spacial score (nSPS) is 18.5. The molecule has 0 aromatic heterocycles. The van der Waals surface area contributed by atoms with E-state index in [9.17, 15) is 27.5 Å². The second-order valence-electron chi connectivity index (χ2n) is 12.4. The molecule has 2 amide bonds. The maximum absolute atomic E-state index is 14.2. The number of nitrogens with one attached hydrogen (secondary N) is 2. The Morgan fingerprint density at radius 3 is 2.37 bits per heavy atom. The van der Waals surface area contributed by atoms with Crippen LogP contribution >= 0.6 is 19.4 Å². The Labute approximate surface area is 305 Å². The van der Waals surface area contributed by atoms with E-state index in [-0.39, 0.29) is 23.0 Å². The third-order valence-corrected chi connectivity index (χ3v) is 12.6. The van der Waals surface area contributed by atoms with Gasteiger partial charge in [0, 0.05) is 30.3 Å². The van der Waals surface area contributed by atoms with Crippen molar-refractivity contribution < 1.29 is 41.5 Å². The van der Waals surface area contributed by atoms with Crippen molar-refractivity contribution in [3.8, 4) is 5.75 Å². The number of amides is 2. The number of hydrogen-bond donors (Lipinski definition) is 3. The lowest BCUT2D eigenvalue weighted by Crippen LogP contribution is -2.42. The first-order valence-electron chi connectivity index (χ1n) is 16.9. The lowest BCUT2D eigenvalue weighted by atomic mass is 9.81. The Kier molecular flexibility index (Phi) is 14.6. The van der Waals surface area contributed by atoms with Crippen LogP contribution in [0.25, 0.3) is 0 Å². The molecule has 15 heteroatoms. The summed E-state index contributed by atoms with van der Waals surface area (Å²) in [6.45, 7) is 5.71. The first kappa shape index (κ1) is 40.4. The van der Waals surface area contributed by atoms with Gasteiger partial charge in [-0.15, -0.1) is 11.8 Å². The van der Waals surface area contributed by atoms with E-state index in [0.717, 1.165) is 24.9 Å². The van der Waals surface area contributed by atoms with Crippen molar-refractivity contribution in [2.45, 2.75) is 62.3 Å². The predicted molar refractivity (Wildman–Crippen MR) is 199 cm³/mol. The number of carbonyl (C=O) groups is 2. The molecule has 0 fully saturated rings. The van der Waals surface area contributed by atoms with Gasteiger partial charge in [-0.05, 0) is 49.8 Å². The third kappa shape index (κ3) is 10.8. The molecule has 0 spiro atoms. The molecule has 0 saturated heterocycles. The molecule has 3 aromatic carbocycles. The summed E-state index contributed by atoms with van der Waals surface area (Å²) in [5.41, 5.74) is 1.39. The highest BCUT2D eigenvalue weighted by Gasteiger charge is 2.42. The van der Waals surface area contributed by atoms with Crippen LogP contribution in [0.5, 0.6) is 5.75 Å². The maximum Gasteiger partial charge on any atom is 0.349 e. The monoisotopic (exact) mass is 761 g/mol. The van der Waals surface area contributed by atoms with Crippen LogP contribution in [-0.4, -0.2) is 70.0 Å². The summed E-state index contributed by atoms with van der Waals surface area (Å²) in [5.74, 6) is -1.21. The van der Waals surface area contributed by atoms with Crippen LogP contribution in [0, 0.1) is 5.41 Å². The summed E-state index contributed by atoms with van der Waals surface area (Å²) in [6, 6.07) is 20.2. The third-order valence-electron chi connectivity index (χ3n) is 8.79. The Morgan fingerprint density at radius 2 is 1.75 bits per heavy atom. The molecule has 1 aliphatic rings. The molecule has 278 valence electrons. The van der Waals surface area contributed by atoms with Crippen molar-refractivity contribution in [3.63, 3.8) is 0 Å². The zero-order valence-corrected chi connectivity index (χ0v) is 32.0. The Bertz CT molecular complexity index is 1780. The van der Waals surface area contributed by atoms with Crippen molar-refractivity contribution in [2.24, 2.45) is 5.41 Å². The number of benzene rings is 3. The van der Waals surface area contributed by atoms with Crippen LogP contribution in [0.2, 0.25) is 0 Å². The van der Waals surface area contributed by atoms with E-state index >= 15 is 0 Å². The highest BCUT2D eigenvalue weighted by molar-refractivity contribution is 7.98. The number of hydrogen-bond acceptors (Lipinski definition) is 10. The van der Waals surface area contributed by atoms with Crippen molar-refractivity contribution in [1.82, 2.24) is 10.6 Å². The van der Waals surface area contributed by atoms with E-state index in [2.05, 4.69) is 22.5 Å². The van der Waals surface area contributed by atoms with E-state index in [1.807, 2.05) is 49.6 Å². The molecule has 0 radical (unpaired) electrons. The van der Waals surface area contributed by atoms with Crippen molar-refractivity contribution in [1.29, 1.82) is 0 Å². The smallest absolute Gasteiger partial charge is 0.349 e. The number of fused-ring (bicyclic) bond motifs is 1. The molecule has 3 N–H and O–H groups in total. The fourth-order valence-electron chi connectivity index (χ4n) is 5.96. The lowest BCUT2D eigenvalue weighted by Gasteiger charge is -2.36. The Hall–Kier alpha value is -3.39. The summed E-state index contributed by atoms with van der Waals surface area (Å²) in [6.07, 6.45) is 4.46. The second-order valence-corrected chi connectivity index (χ2v) is 17.0. The highest BCUT2D eigenvalue weighted by atomic mass is 32.2. The molecule has 3 atom stereocenters. The number of thioether (sulfide) groups is 1. The van der Waals surface area contributed by atoms with Crippen LogP contribution in [0.1, 0.15) is 58.1 Å². The summed E-state index contributed by atoms with van der Waals surface area (Å²) < 4.78 is 56.6. The minimum absolute atomic E-state index is 0.0172. The fourth-order valence-corrected chi connectivity index (χ4v) is 9.37. The lowest BCUT2D eigenvalue weighted by molar-refractivity contribution is -0.130. The number of unbranched alkanes of at least 4 members (excludes halogenated alkanes) is 1. The van der Waals surface area contributed by atoms with Gasteiger partial charge in [0.15, 0.2) is 23.2 Å². The van der Waals surface area contributed by atoms with Gasteiger partial charge in [-0.2, -0.15) is 0 Å². The number of para-hydroxylation sites is 1. The van der Waals surface area contributed by atoms with Crippen LogP contribution in [0.4, 0.5) is 11.4 Å². The number of carbonyl (C=O) groups excluding carboxylic acids is 2. The van der Waals surface area contributed by atoms with Gasteiger partial charge in [0.1, 0.15) is 18.1 Å². The zero-order chi connectivity index (χ0) is 37.1. The highest BCUT2D eigenvalue weighted by Crippen LogP contribution is 2.47. The largest absolute Gasteiger partial charge is 0.483 e. The first-order valence-corrected chi connectivity index (χ1v) is 21.6. The van der Waals surface area contributed by atoms with E-state index in [0.29, 0.717) is 29.1 Å². The predicted octanol–water partition coefficient (Wildman–Crippen LogP) is 6.43. The average Bonchev–Trinajstić information content (AvgIpc) is 3.22. The van der Waals surface area contributed by atoms with Crippen molar-refractivity contribution in [3.05, 3.63) is 78.4 Å². The van der Waals surface area contributed by atoms with E-state index in [1.165, 1.54) is 17.8 Å². The van der Waals surface area contributed by atoms with Gasteiger partial charge >= 0.3 is 7.60 Å². The van der Waals surface area contributed by atoms with Gasteiger partial charge in [-0.25, -0.2) is 8.42 Å². The Balaban J connectivity index is 1.60. The number of anilines is 2. The number of ether oxygens (including phenoxy) is 2. The molecular formula is C36H48N3O9PS2. The molecule has 3 aromatic rings. The van der Waals surface area contributed by atoms with Crippen molar-refractivity contribution >= 4 is 52.4 Å². The Morgan fingerprint density at radius 1 is 1.06 bits per heavy atom.